The first-order valence-electron chi connectivity index (χ1n) is 48.7. The number of benzene rings is 5. The van der Waals surface area contributed by atoms with E-state index in [1.807, 2.05) is 113 Å². The third-order valence-corrected chi connectivity index (χ3v) is 28.9. The van der Waals surface area contributed by atoms with Gasteiger partial charge in [-0.15, -0.1) is 0 Å². The van der Waals surface area contributed by atoms with E-state index < -0.39 is 164 Å². The van der Waals surface area contributed by atoms with E-state index in [-0.39, 0.29) is 125 Å². The van der Waals surface area contributed by atoms with Gasteiger partial charge in [0.25, 0.3) is 0 Å². The molecular formula is C98H123B4ClN16O25. The predicted octanol–water partition coefficient (Wildman–Crippen LogP) is 3.82. The van der Waals surface area contributed by atoms with Crippen LogP contribution in [0.1, 0.15) is 152 Å². The number of Topliss-reactive ketones (excluding diaryl/α,β-unsaturated/α-hetero) is 4. The summed E-state index contributed by atoms with van der Waals surface area (Å²) in [6, 6.07) is 25.3. The highest BCUT2D eigenvalue weighted by atomic mass is 35.5. The fourth-order valence-corrected chi connectivity index (χ4v) is 19.7. The second-order valence-electron chi connectivity index (χ2n) is 37.9. The van der Waals surface area contributed by atoms with E-state index in [0.29, 0.717) is 119 Å². The highest BCUT2D eigenvalue weighted by molar-refractivity contribution is 6.49. The number of fused-ring (bicyclic) bond motifs is 4. The van der Waals surface area contributed by atoms with Crippen LogP contribution < -0.4 is 61.8 Å². The predicted molar refractivity (Wildman–Crippen MR) is 527 cm³/mol. The molecule has 4 saturated heterocycles. The van der Waals surface area contributed by atoms with Gasteiger partial charge in [-0.2, -0.15) is 0 Å². The average Bonchev–Trinajstić information content (AvgIpc) is 1.61. The second-order valence-corrected chi connectivity index (χ2v) is 38.2. The lowest BCUT2D eigenvalue weighted by atomic mass is 9.63. The lowest BCUT2D eigenvalue weighted by Crippen LogP contribution is -2.61. The smallest absolute Gasteiger partial charge is 0.526 e. The Morgan fingerprint density at radius 1 is 0.410 bits per heavy atom. The number of piperazine rings is 4. The summed E-state index contributed by atoms with van der Waals surface area (Å²) in [6.45, 7) is 17.9. The highest BCUT2D eigenvalue weighted by Crippen LogP contribution is 2.51. The zero-order chi connectivity index (χ0) is 104. The summed E-state index contributed by atoms with van der Waals surface area (Å²) in [5, 5.41) is 53.0. The molecule has 6 fully saturated rings. The number of rotatable bonds is 29. The number of aromatic nitrogens is 1. The van der Waals surface area contributed by atoms with Crippen molar-refractivity contribution < 1.29 is 120 Å². The number of para-hydroxylation sites is 4. The summed E-state index contributed by atoms with van der Waals surface area (Å²) in [4.78, 5) is 218. The standard InChI is InChI=1S/C27H33BN4O6.C25H28BClN4O7.2C23H31BN4O6/c1-3-31-13-14-32(26(35)25(31)34)27(36)30-23(19-9-7-18(8-10-19)11-12-29)22(33)16-21-15-20-6-4-5-17(2)24(20)38-28(21)37;1-4-30-10-11-31(24(34)23(30)33)25(35)29-20(17-8-9-19(37-3)28-22(17)27)18(32)13-16-12-15-7-5-6-14(2)21(15)38-26(16)36;2*1-3-27-9-10-28(21(31)20(27)30)22(32)26-19(23(13-25)7-8-23)17(29)12-16-11-15-6-4-5-14(2)18(15)34-24(16)33/h4-10,21,23,37H,3,11-16,29H2,1-2H3,(H,30,36);5-9,16,20,36H,4,10-13H2,1-3H3,(H,29,35);2*4-6,16,19,33H,3,7-13,25H2,1-2H3,(H,26,32)/t21-,23?;16-,20?;16-,19+;16-,19-/m1111/s1. The maximum atomic E-state index is 13.6. The number of nitrogens with two attached hydrogens (primary N) is 3. The van der Waals surface area contributed by atoms with Gasteiger partial charge >= 0.3 is 99.9 Å². The van der Waals surface area contributed by atoms with Crippen LogP contribution in [0.3, 0.4) is 0 Å². The lowest BCUT2D eigenvalue weighted by Gasteiger charge is -2.34. The number of amides is 16. The molecular weight excluding hydrogens is 1880 g/mol. The minimum atomic E-state index is -1.31. The number of pyridine rings is 1. The molecule has 16 amide bonds. The number of urea groups is 4. The van der Waals surface area contributed by atoms with Gasteiger partial charge in [-0.3, -0.25) is 77.1 Å². The Morgan fingerprint density at radius 2 is 0.701 bits per heavy atom. The van der Waals surface area contributed by atoms with E-state index in [2.05, 4.69) is 26.3 Å². The summed E-state index contributed by atoms with van der Waals surface area (Å²) in [5.41, 5.74) is 25.3. The number of ketones is 4. The molecule has 5 aromatic carbocycles. The Labute approximate surface area is 839 Å². The van der Waals surface area contributed by atoms with Gasteiger partial charge in [0.05, 0.1) is 19.2 Å². The summed E-state index contributed by atoms with van der Waals surface area (Å²) < 4.78 is 27.9. The van der Waals surface area contributed by atoms with Crippen LogP contribution >= 0.6 is 11.6 Å². The summed E-state index contributed by atoms with van der Waals surface area (Å²) >= 11 is 6.35. The minimum absolute atomic E-state index is 0.0161. The number of aryl methyl sites for hydroxylation is 4. The lowest BCUT2D eigenvalue weighted by molar-refractivity contribution is -0.153. The molecule has 16 rings (SSSR count). The summed E-state index contributed by atoms with van der Waals surface area (Å²) in [7, 11) is -3.32. The van der Waals surface area contributed by atoms with E-state index in [4.69, 9.17) is 52.2 Å². The van der Waals surface area contributed by atoms with Crippen molar-refractivity contribution in [1.82, 2.24) is 65.5 Å². The normalized spacial score (nSPS) is 20.0. The van der Waals surface area contributed by atoms with Crippen LogP contribution in [0, 0.1) is 38.5 Å². The van der Waals surface area contributed by atoms with E-state index in [1.165, 1.54) is 38.8 Å². The summed E-state index contributed by atoms with van der Waals surface area (Å²) in [6.07, 6.45) is 4.81. The molecule has 0 bridgehead atoms. The molecule has 6 aromatic rings. The maximum Gasteiger partial charge on any atom is 0.526 e. The molecule has 8 aliphatic heterocycles. The zero-order valence-corrected chi connectivity index (χ0v) is 82.9. The monoisotopic (exact) mass is 2000 g/mol. The number of carbonyl (C=O) groups is 16. The van der Waals surface area contributed by atoms with Gasteiger partial charge in [0, 0.05) is 163 Å². The highest BCUT2D eigenvalue weighted by Gasteiger charge is 2.57. The molecule has 764 valence electrons. The number of ether oxygens (including phenoxy) is 1. The topological polar surface area (TPSA) is 565 Å². The van der Waals surface area contributed by atoms with Crippen molar-refractivity contribution in [2.24, 2.45) is 28.0 Å². The molecule has 9 heterocycles. The number of nitrogens with one attached hydrogen (secondary N) is 4. The van der Waals surface area contributed by atoms with Crippen LogP contribution in [0.25, 0.3) is 0 Å². The van der Waals surface area contributed by atoms with Gasteiger partial charge in [-0.25, -0.2) is 24.2 Å². The molecule has 2 unspecified atom stereocenters. The van der Waals surface area contributed by atoms with Crippen molar-refractivity contribution in [3.8, 4) is 28.9 Å². The van der Waals surface area contributed by atoms with E-state index in [0.717, 1.165) is 69.7 Å². The number of methoxy groups -OCH3 is 1. The molecule has 1 aromatic heterocycles. The molecule has 0 spiro atoms. The Bertz CT molecular complexity index is 5760. The van der Waals surface area contributed by atoms with Gasteiger partial charge in [0.1, 0.15) is 40.2 Å². The van der Waals surface area contributed by atoms with Gasteiger partial charge in [-0.1, -0.05) is 109 Å². The third-order valence-electron chi connectivity index (χ3n) is 28.6. The van der Waals surface area contributed by atoms with Gasteiger partial charge in [0.2, 0.25) is 5.88 Å². The first kappa shape index (κ1) is 108. The number of nitrogens with zero attached hydrogens (tertiary/aromatic N) is 9. The molecule has 0 radical (unpaired) electrons. The number of hydrogen-bond acceptors (Lipinski definition) is 29. The molecule has 2 aliphatic carbocycles. The largest absolute Gasteiger partial charge is 0.536 e. The SMILES string of the molecule is CCN1CCN(C(=O)NC(C(=O)C[C@H]2Cc3cccc(C)c3OB2O)c2ccc(CCN)cc2)C(=O)C1=O.CCN1CCN(C(=O)NC(C(=O)C[C@H]2Cc3cccc(C)c3OB2O)c2ccc(OC)nc2Cl)C(=O)C1=O.CCN1CCN(C(=O)N[C@@H](C(=O)C[C@H]2Cc3cccc(C)c3OB2O)C2(CN)CC2)C(=O)C1=O.CCN1CCN(C(=O)N[C@H](C(=O)C[C@H]2Cc3cccc(C)c3OB2O)C2(CN)CC2)C(=O)C1=O. The molecule has 8 atom stereocenters. The maximum absolute atomic E-state index is 13.6. The molecule has 144 heavy (non-hydrogen) atoms. The van der Waals surface area contributed by atoms with Crippen molar-refractivity contribution in [3.05, 3.63) is 176 Å². The fourth-order valence-electron chi connectivity index (χ4n) is 19.4. The first-order chi connectivity index (χ1) is 68.8. The number of likely N-dealkylation sites (N-methyl/N-ethyl adjacent to an activating group) is 4. The Kier molecular flexibility index (Phi) is 35.4. The first-order valence-corrected chi connectivity index (χ1v) is 49.0. The van der Waals surface area contributed by atoms with Gasteiger partial charge < -0.3 is 102 Å². The van der Waals surface area contributed by atoms with Crippen LogP contribution in [0.15, 0.2) is 109 Å². The van der Waals surface area contributed by atoms with E-state index in [9.17, 15) is 96.8 Å². The van der Waals surface area contributed by atoms with Gasteiger partial charge in [0.15, 0.2) is 23.1 Å². The Morgan fingerprint density at radius 3 is 0.979 bits per heavy atom. The van der Waals surface area contributed by atoms with Crippen LogP contribution in [0.4, 0.5) is 19.2 Å². The third kappa shape index (κ3) is 24.2. The van der Waals surface area contributed by atoms with Crippen LogP contribution in [-0.4, -0.2) is 305 Å². The molecule has 2 saturated carbocycles. The average molecular weight is 2000 g/mol. The number of hydrogen-bond donors (Lipinski definition) is 11. The van der Waals surface area contributed by atoms with Gasteiger partial charge in [-0.05, 0) is 181 Å². The van der Waals surface area contributed by atoms with Crippen LogP contribution in [0.2, 0.25) is 28.4 Å². The minimum Gasteiger partial charge on any atom is -0.536 e. The second kappa shape index (κ2) is 47.1. The van der Waals surface area contributed by atoms with E-state index >= 15 is 0 Å². The van der Waals surface area contributed by atoms with Crippen molar-refractivity contribution in [2.45, 2.75) is 186 Å². The molecule has 14 N–H and O–H groups in total. The zero-order valence-electron chi connectivity index (χ0n) is 82.1. The van der Waals surface area contributed by atoms with Crippen LogP contribution in [0.5, 0.6) is 28.9 Å². The molecule has 10 aliphatic rings. The molecule has 46 heteroatoms. The fraction of sp³-hybridized carbons (Fsp3) is 0.480. The van der Waals surface area contributed by atoms with Crippen molar-refractivity contribution in [1.29, 1.82) is 0 Å². The summed E-state index contributed by atoms with van der Waals surface area (Å²) in [5.74, 6) is -7.50. The number of imide groups is 4. The molecule has 41 nitrogen and oxygen atoms in total. The van der Waals surface area contributed by atoms with Crippen molar-refractivity contribution in [2.75, 3.05) is 105 Å². The quantitative estimate of drug-likeness (QED) is 0.0181. The number of carbonyl (C=O) groups excluding carboxylic acids is 16. The Hall–Kier alpha value is -13.2. The Balaban J connectivity index is 0.000000161. The van der Waals surface area contributed by atoms with Crippen molar-refractivity contribution >= 4 is 135 Å². The van der Waals surface area contributed by atoms with Crippen molar-refractivity contribution in [3.63, 3.8) is 0 Å². The van der Waals surface area contributed by atoms with Crippen LogP contribution in [-0.2, 0) is 89.6 Å². The number of halogens is 1. The van der Waals surface area contributed by atoms with E-state index in [1.54, 1.807) is 39.8 Å².